The van der Waals surface area contributed by atoms with Crippen LogP contribution in [0.15, 0.2) is 42.5 Å². The molecule has 5 heteroatoms. The van der Waals surface area contributed by atoms with E-state index in [4.69, 9.17) is 4.74 Å². The van der Waals surface area contributed by atoms with Gasteiger partial charge >= 0.3 is 0 Å². The minimum absolute atomic E-state index is 0.0869. The number of aliphatic hydroxyl groups excluding tert-OH is 1. The second kappa shape index (κ2) is 6.57. The Hall–Kier alpha value is -2.66. The average Bonchev–Trinajstić information content (AvgIpc) is 2.58. The van der Waals surface area contributed by atoms with Gasteiger partial charge in [0.25, 0.3) is 5.91 Å². The van der Waals surface area contributed by atoms with E-state index in [1.807, 2.05) is 19.1 Å². The molecule has 0 spiro atoms. The minimum Gasteiger partial charge on any atom is -0.485 e. The Labute approximate surface area is 153 Å². The van der Waals surface area contributed by atoms with Gasteiger partial charge in [0, 0.05) is 16.7 Å². The maximum atomic E-state index is 12.8. The number of fused-ring (bicyclic) bond motifs is 1. The molecule has 1 aliphatic rings. The Morgan fingerprint density at radius 1 is 1.15 bits per heavy atom. The summed E-state index contributed by atoms with van der Waals surface area (Å²) in [6.07, 6.45) is -0.967. The molecule has 2 N–H and O–H groups in total. The lowest BCUT2D eigenvalue weighted by molar-refractivity contribution is -0.0627. The smallest absolute Gasteiger partial charge is 0.252 e. The molecule has 1 aliphatic heterocycles. The van der Waals surface area contributed by atoms with E-state index in [2.05, 4.69) is 5.32 Å². The van der Waals surface area contributed by atoms with Crippen molar-refractivity contribution in [3.05, 3.63) is 64.7 Å². The molecule has 136 valence electrons. The summed E-state index contributed by atoms with van der Waals surface area (Å²) in [7, 11) is 0. The number of hydrogen-bond donors (Lipinski definition) is 2. The normalized spacial score (nSPS) is 20.7. The van der Waals surface area contributed by atoms with Crippen LogP contribution >= 0.6 is 0 Å². The van der Waals surface area contributed by atoms with E-state index < -0.39 is 17.7 Å². The Morgan fingerprint density at radius 2 is 1.85 bits per heavy atom. The fraction of sp³-hybridized carbons (Fsp3) is 0.333. The molecule has 26 heavy (non-hydrogen) atoms. The van der Waals surface area contributed by atoms with E-state index >= 15 is 0 Å². The molecule has 0 unspecified atom stereocenters. The Bertz CT molecular complexity index is 872. The molecule has 2 aromatic rings. The van der Waals surface area contributed by atoms with Crippen LogP contribution in [0.3, 0.4) is 0 Å². The standard InChI is InChI=1S/C21H23NO4/c1-12-7-5-6-8-15(12)20(25)22-18-16-11-14(13(2)23)9-10-17(16)26-21(3,4)19(18)24/h5-11,18-19,24H,1-4H3,(H,22,25)/t18-,19-/m0/s1. The van der Waals surface area contributed by atoms with E-state index in [0.717, 1.165) is 5.56 Å². The maximum absolute atomic E-state index is 12.8. The van der Waals surface area contributed by atoms with Crippen LogP contribution < -0.4 is 10.1 Å². The van der Waals surface area contributed by atoms with Gasteiger partial charge in [-0.3, -0.25) is 9.59 Å². The lowest BCUT2D eigenvalue weighted by atomic mass is 9.85. The molecule has 0 saturated carbocycles. The molecule has 0 aliphatic carbocycles. The monoisotopic (exact) mass is 353 g/mol. The zero-order valence-electron chi connectivity index (χ0n) is 15.4. The summed E-state index contributed by atoms with van der Waals surface area (Å²) >= 11 is 0. The number of benzene rings is 2. The number of rotatable bonds is 3. The largest absolute Gasteiger partial charge is 0.485 e. The van der Waals surface area contributed by atoms with Crippen molar-refractivity contribution in [2.24, 2.45) is 0 Å². The van der Waals surface area contributed by atoms with Crippen molar-refractivity contribution in [2.75, 3.05) is 0 Å². The van der Waals surface area contributed by atoms with Crippen molar-refractivity contribution in [2.45, 2.75) is 45.4 Å². The van der Waals surface area contributed by atoms with Crippen molar-refractivity contribution in [3.8, 4) is 5.75 Å². The Morgan fingerprint density at radius 3 is 2.50 bits per heavy atom. The molecule has 2 aromatic carbocycles. The van der Waals surface area contributed by atoms with Gasteiger partial charge in [0.1, 0.15) is 17.5 Å². The molecular formula is C21H23NO4. The highest BCUT2D eigenvalue weighted by Gasteiger charge is 2.43. The molecule has 0 fully saturated rings. The number of Topliss-reactive ketones (excluding diaryl/α,β-unsaturated/α-hetero) is 1. The van der Waals surface area contributed by atoms with Crippen molar-refractivity contribution in [1.82, 2.24) is 5.32 Å². The molecular weight excluding hydrogens is 330 g/mol. The lowest BCUT2D eigenvalue weighted by Crippen LogP contribution is -2.53. The molecule has 0 radical (unpaired) electrons. The first-order chi connectivity index (χ1) is 12.2. The van der Waals surface area contributed by atoms with E-state index in [1.54, 1.807) is 44.2 Å². The summed E-state index contributed by atoms with van der Waals surface area (Å²) in [5, 5.41) is 13.7. The third-order valence-electron chi connectivity index (χ3n) is 4.83. The van der Waals surface area contributed by atoms with Gasteiger partial charge in [-0.2, -0.15) is 0 Å². The van der Waals surface area contributed by atoms with Crippen molar-refractivity contribution >= 4 is 11.7 Å². The molecule has 1 amide bonds. The number of amides is 1. The number of aliphatic hydroxyl groups is 1. The first-order valence-corrected chi connectivity index (χ1v) is 8.59. The van der Waals surface area contributed by atoms with Gasteiger partial charge in [-0.1, -0.05) is 18.2 Å². The van der Waals surface area contributed by atoms with Crippen LogP contribution in [0.5, 0.6) is 5.75 Å². The van der Waals surface area contributed by atoms with Gasteiger partial charge in [0.2, 0.25) is 0 Å². The van der Waals surface area contributed by atoms with Gasteiger partial charge < -0.3 is 15.2 Å². The Balaban J connectivity index is 2.02. The van der Waals surface area contributed by atoms with Crippen LogP contribution in [-0.2, 0) is 0 Å². The molecule has 2 atom stereocenters. The predicted molar refractivity (Wildman–Crippen MR) is 98.5 cm³/mol. The van der Waals surface area contributed by atoms with Gasteiger partial charge in [-0.15, -0.1) is 0 Å². The van der Waals surface area contributed by atoms with Crippen LogP contribution in [-0.4, -0.2) is 28.5 Å². The quantitative estimate of drug-likeness (QED) is 0.831. The van der Waals surface area contributed by atoms with Crippen molar-refractivity contribution < 1.29 is 19.4 Å². The van der Waals surface area contributed by atoms with Crippen molar-refractivity contribution in [3.63, 3.8) is 0 Å². The number of carbonyl (C=O) groups excluding carboxylic acids is 2. The van der Waals surface area contributed by atoms with Crippen LogP contribution in [0, 0.1) is 6.92 Å². The third-order valence-corrected chi connectivity index (χ3v) is 4.83. The fourth-order valence-electron chi connectivity index (χ4n) is 3.22. The highest BCUT2D eigenvalue weighted by molar-refractivity contribution is 5.96. The second-order valence-corrected chi connectivity index (χ2v) is 7.23. The van der Waals surface area contributed by atoms with E-state index in [-0.39, 0.29) is 11.7 Å². The molecule has 1 heterocycles. The second-order valence-electron chi connectivity index (χ2n) is 7.23. The van der Waals surface area contributed by atoms with Gasteiger partial charge in [0.05, 0.1) is 6.04 Å². The first kappa shape index (κ1) is 18.1. The highest BCUT2D eigenvalue weighted by atomic mass is 16.5. The molecule has 0 saturated heterocycles. The fourth-order valence-corrected chi connectivity index (χ4v) is 3.22. The zero-order valence-corrected chi connectivity index (χ0v) is 15.4. The van der Waals surface area contributed by atoms with Crippen LogP contribution in [0.1, 0.15) is 58.7 Å². The predicted octanol–water partition coefficient (Wildman–Crippen LogP) is 3.20. The van der Waals surface area contributed by atoms with E-state index in [0.29, 0.717) is 22.4 Å². The zero-order chi connectivity index (χ0) is 19.1. The summed E-state index contributed by atoms with van der Waals surface area (Å²) < 4.78 is 5.89. The summed E-state index contributed by atoms with van der Waals surface area (Å²) in [6.45, 7) is 6.88. The summed E-state index contributed by atoms with van der Waals surface area (Å²) in [5.41, 5.74) is 1.63. The molecule has 3 rings (SSSR count). The van der Waals surface area contributed by atoms with Crippen LogP contribution in [0.2, 0.25) is 0 Å². The molecule has 0 bridgehead atoms. The third kappa shape index (κ3) is 3.22. The Kier molecular flexibility index (Phi) is 4.59. The summed E-state index contributed by atoms with van der Waals surface area (Å²) in [4.78, 5) is 24.5. The summed E-state index contributed by atoms with van der Waals surface area (Å²) in [5.74, 6) is 0.195. The number of hydrogen-bond acceptors (Lipinski definition) is 4. The average molecular weight is 353 g/mol. The minimum atomic E-state index is -0.967. The maximum Gasteiger partial charge on any atom is 0.252 e. The van der Waals surface area contributed by atoms with E-state index in [9.17, 15) is 14.7 Å². The van der Waals surface area contributed by atoms with Crippen LogP contribution in [0.25, 0.3) is 0 Å². The lowest BCUT2D eigenvalue weighted by Gasteiger charge is -2.42. The first-order valence-electron chi connectivity index (χ1n) is 8.59. The van der Waals surface area contributed by atoms with Gasteiger partial charge in [0.15, 0.2) is 5.78 Å². The van der Waals surface area contributed by atoms with Crippen molar-refractivity contribution in [1.29, 1.82) is 0 Å². The summed E-state index contributed by atoms with van der Waals surface area (Å²) in [6, 6.07) is 11.7. The van der Waals surface area contributed by atoms with Crippen LogP contribution in [0.4, 0.5) is 0 Å². The number of aryl methyl sites for hydroxylation is 1. The number of nitrogens with one attached hydrogen (secondary N) is 1. The number of ketones is 1. The molecule has 5 nitrogen and oxygen atoms in total. The highest BCUT2D eigenvalue weighted by Crippen LogP contribution is 2.40. The van der Waals surface area contributed by atoms with E-state index in [1.165, 1.54) is 6.92 Å². The number of ether oxygens (including phenoxy) is 1. The topological polar surface area (TPSA) is 75.6 Å². The number of carbonyl (C=O) groups is 2. The SMILES string of the molecule is CC(=O)c1ccc2c(c1)[C@H](NC(=O)c1ccccc1C)[C@H](O)C(C)(C)O2. The van der Waals surface area contributed by atoms with Gasteiger partial charge in [-0.05, 0) is 57.5 Å². The van der Waals surface area contributed by atoms with Gasteiger partial charge in [-0.25, -0.2) is 0 Å². The molecule has 0 aromatic heterocycles.